The van der Waals surface area contributed by atoms with E-state index in [1.807, 2.05) is 0 Å². The van der Waals surface area contributed by atoms with E-state index in [1.54, 1.807) is 4.90 Å². The van der Waals surface area contributed by atoms with E-state index in [2.05, 4.69) is 26.1 Å². The number of urea groups is 1. The van der Waals surface area contributed by atoms with Gasteiger partial charge in [0.15, 0.2) is 0 Å². The van der Waals surface area contributed by atoms with Gasteiger partial charge in [-0.3, -0.25) is 0 Å². The van der Waals surface area contributed by atoms with Crippen molar-refractivity contribution in [1.82, 2.24) is 10.2 Å². The van der Waals surface area contributed by atoms with Gasteiger partial charge in [-0.15, -0.1) is 0 Å². The highest BCUT2D eigenvalue weighted by Gasteiger charge is 2.45. The lowest BCUT2D eigenvalue weighted by molar-refractivity contribution is 0.0507. The van der Waals surface area contributed by atoms with E-state index in [1.165, 1.54) is 0 Å². The maximum absolute atomic E-state index is 11.7. The second-order valence-corrected chi connectivity index (χ2v) is 7.43. The molecule has 0 spiro atoms. The molecule has 1 N–H and O–H groups in total. The molecule has 1 heterocycles. The molecular formula is C13H28N2O4Si. The Bertz CT molecular complexity index is 270. The Morgan fingerprint density at radius 3 is 1.90 bits per heavy atom. The monoisotopic (exact) mass is 304 g/mol. The predicted molar refractivity (Wildman–Crippen MR) is 79.5 cm³/mol. The zero-order valence-corrected chi connectivity index (χ0v) is 13.9. The number of carbonyl (C=O) groups excluding carboxylic acids is 1. The minimum Gasteiger partial charge on any atom is -0.372 e. The third-order valence-electron chi connectivity index (χ3n) is 2.91. The molecule has 0 bridgehead atoms. The van der Waals surface area contributed by atoms with Gasteiger partial charge in [-0.05, 0) is 19.3 Å². The fourth-order valence-electron chi connectivity index (χ4n) is 1.93. The molecule has 7 heteroatoms. The lowest BCUT2D eigenvalue weighted by Gasteiger charge is -2.32. The summed E-state index contributed by atoms with van der Waals surface area (Å²) in [7, 11) is -2.80. The molecule has 1 rings (SSSR count). The molecule has 0 radical (unpaired) electrons. The van der Waals surface area contributed by atoms with Crippen LogP contribution in [-0.2, 0) is 13.3 Å². The average Bonchev–Trinajstić information content (AvgIpc) is 2.85. The van der Waals surface area contributed by atoms with Crippen LogP contribution >= 0.6 is 0 Å². The van der Waals surface area contributed by atoms with E-state index < -0.39 is 8.80 Å². The van der Waals surface area contributed by atoms with Gasteiger partial charge in [0.2, 0.25) is 0 Å². The van der Waals surface area contributed by atoms with E-state index in [-0.39, 0.29) is 6.03 Å². The van der Waals surface area contributed by atoms with Crippen LogP contribution in [0.25, 0.3) is 0 Å². The lowest BCUT2D eigenvalue weighted by Crippen LogP contribution is -2.56. The van der Waals surface area contributed by atoms with Gasteiger partial charge < -0.3 is 23.5 Å². The Balaban J connectivity index is 2.72. The first-order chi connectivity index (χ1) is 9.67. The molecule has 20 heavy (non-hydrogen) atoms. The summed E-state index contributed by atoms with van der Waals surface area (Å²) in [6.07, 6.45) is 3.17. The van der Waals surface area contributed by atoms with Gasteiger partial charge >= 0.3 is 14.8 Å². The molecule has 0 aromatic carbocycles. The van der Waals surface area contributed by atoms with Crippen LogP contribution in [0.5, 0.6) is 0 Å². The van der Waals surface area contributed by atoms with E-state index in [0.717, 1.165) is 19.3 Å². The molecule has 1 saturated heterocycles. The maximum Gasteiger partial charge on any atom is 0.521 e. The standard InChI is InChI=1S/C13H28N2O4Si/c1-4-9-17-20(18-10-5-2,19-11-6-3)12-15-8-7-14-13(15)16/h4-12H2,1-3H3,(H,14,16). The zero-order valence-electron chi connectivity index (χ0n) is 12.9. The van der Waals surface area contributed by atoms with Gasteiger partial charge in [0.25, 0.3) is 0 Å². The van der Waals surface area contributed by atoms with Gasteiger partial charge in [-0.25, -0.2) is 4.79 Å². The van der Waals surface area contributed by atoms with Crippen LogP contribution < -0.4 is 5.32 Å². The molecule has 1 aliphatic rings. The Kier molecular flexibility index (Phi) is 8.13. The highest BCUT2D eigenvalue weighted by molar-refractivity contribution is 6.61. The topological polar surface area (TPSA) is 60.0 Å². The van der Waals surface area contributed by atoms with Crippen molar-refractivity contribution in [1.29, 1.82) is 0 Å². The van der Waals surface area contributed by atoms with Gasteiger partial charge in [-0.1, -0.05) is 20.8 Å². The quantitative estimate of drug-likeness (QED) is 0.591. The summed E-state index contributed by atoms with van der Waals surface area (Å²) in [6.45, 7) is 9.36. The summed E-state index contributed by atoms with van der Waals surface area (Å²) < 4.78 is 17.9. The minimum atomic E-state index is -2.80. The molecular weight excluding hydrogens is 276 g/mol. The van der Waals surface area contributed by atoms with E-state index in [0.29, 0.717) is 39.1 Å². The summed E-state index contributed by atoms with van der Waals surface area (Å²) in [5.41, 5.74) is 0. The SMILES string of the molecule is CCCO[Si](CN1CCNC1=O)(OCCC)OCCC. The fourth-order valence-corrected chi connectivity index (χ4v) is 4.77. The third kappa shape index (κ3) is 5.39. The number of carbonyl (C=O) groups is 1. The average molecular weight is 304 g/mol. The summed E-state index contributed by atoms with van der Waals surface area (Å²) in [5.74, 6) is 0. The number of hydrogen-bond acceptors (Lipinski definition) is 4. The van der Waals surface area contributed by atoms with E-state index >= 15 is 0 Å². The fraction of sp³-hybridized carbons (Fsp3) is 0.923. The van der Waals surface area contributed by atoms with Crippen LogP contribution in [0, 0.1) is 0 Å². The van der Waals surface area contributed by atoms with Crippen LogP contribution in [0.4, 0.5) is 4.79 Å². The van der Waals surface area contributed by atoms with Crippen molar-refractivity contribution in [2.75, 3.05) is 39.1 Å². The van der Waals surface area contributed by atoms with Crippen LogP contribution in [0.2, 0.25) is 0 Å². The van der Waals surface area contributed by atoms with Crippen LogP contribution in [0.1, 0.15) is 40.0 Å². The molecule has 0 aromatic heterocycles. The number of nitrogens with one attached hydrogen (secondary N) is 1. The van der Waals surface area contributed by atoms with Crippen molar-refractivity contribution in [3.63, 3.8) is 0 Å². The van der Waals surface area contributed by atoms with E-state index in [4.69, 9.17) is 13.3 Å². The van der Waals surface area contributed by atoms with E-state index in [9.17, 15) is 4.79 Å². The van der Waals surface area contributed by atoms with Crippen LogP contribution in [0.15, 0.2) is 0 Å². The number of amides is 2. The largest absolute Gasteiger partial charge is 0.521 e. The zero-order chi connectivity index (χ0) is 14.8. The molecule has 1 fully saturated rings. The predicted octanol–water partition coefficient (Wildman–Crippen LogP) is 1.77. The van der Waals surface area contributed by atoms with Gasteiger partial charge in [-0.2, -0.15) is 0 Å². The summed E-state index contributed by atoms with van der Waals surface area (Å²) in [4.78, 5) is 13.5. The number of rotatable bonds is 11. The van der Waals surface area contributed by atoms with Crippen molar-refractivity contribution in [2.24, 2.45) is 0 Å². The van der Waals surface area contributed by atoms with Crippen LogP contribution in [-0.4, -0.2) is 58.8 Å². The lowest BCUT2D eigenvalue weighted by atomic mass is 10.5. The summed E-state index contributed by atoms with van der Waals surface area (Å²) in [5, 5.41) is 2.80. The van der Waals surface area contributed by atoms with Crippen molar-refractivity contribution in [3.05, 3.63) is 0 Å². The molecule has 1 aliphatic heterocycles. The van der Waals surface area contributed by atoms with Crippen molar-refractivity contribution in [2.45, 2.75) is 40.0 Å². The molecule has 6 nitrogen and oxygen atoms in total. The summed E-state index contributed by atoms with van der Waals surface area (Å²) in [6, 6.07) is -0.0535. The smallest absolute Gasteiger partial charge is 0.372 e. The van der Waals surface area contributed by atoms with Crippen molar-refractivity contribution < 1.29 is 18.1 Å². The second kappa shape index (κ2) is 9.33. The Morgan fingerprint density at radius 2 is 1.55 bits per heavy atom. The molecule has 0 aliphatic carbocycles. The van der Waals surface area contributed by atoms with Crippen LogP contribution in [0.3, 0.4) is 0 Å². The second-order valence-electron chi connectivity index (χ2n) is 4.88. The van der Waals surface area contributed by atoms with Gasteiger partial charge in [0.05, 0.1) is 6.17 Å². The molecule has 0 atom stereocenters. The molecule has 0 unspecified atom stereocenters. The van der Waals surface area contributed by atoms with Crippen molar-refractivity contribution in [3.8, 4) is 0 Å². The molecule has 118 valence electrons. The molecule has 0 saturated carbocycles. The Hall–Kier alpha value is -0.633. The molecule has 0 aromatic rings. The first kappa shape index (κ1) is 17.4. The first-order valence-electron chi connectivity index (χ1n) is 7.62. The normalized spacial score (nSPS) is 15.8. The Labute approximate surface area is 123 Å². The number of hydrogen-bond donors (Lipinski definition) is 1. The van der Waals surface area contributed by atoms with Gasteiger partial charge in [0, 0.05) is 32.9 Å². The third-order valence-corrected chi connectivity index (χ3v) is 5.61. The summed E-state index contributed by atoms with van der Waals surface area (Å²) >= 11 is 0. The maximum atomic E-state index is 11.7. The highest BCUT2D eigenvalue weighted by Crippen LogP contribution is 2.15. The van der Waals surface area contributed by atoms with Crippen molar-refractivity contribution >= 4 is 14.8 Å². The first-order valence-corrected chi connectivity index (χ1v) is 9.55. The Morgan fingerprint density at radius 1 is 1.05 bits per heavy atom. The molecule has 2 amide bonds. The van der Waals surface area contributed by atoms with Gasteiger partial charge in [0.1, 0.15) is 0 Å². The minimum absolute atomic E-state index is 0.0535. The number of nitrogens with zero attached hydrogens (tertiary/aromatic N) is 1. The highest BCUT2D eigenvalue weighted by atomic mass is 28.4.